The molecule has 1 atom stereocenters. The van der Waals surface area contributed by atoms with Crippen LogP contribution in [0.1, 0.15) is 96.8 Å². The second-order valence-corrected chi connectivity index (χ2v) is 6.09. The number of ether oxygens (including phenoxy) is 1. The Labute approximate surface area is 131 Å². The van der Waals surface area contributed by atoms with Crippen LogP contribution in [0, 0.1) is 0 Å². The van der Waals surface area contributed by atoms with Crippen molar-refractivity contribution >= 4 is 5.97 Å². The molecule has 0 spiro atoms. The van der Waals surface area contributed by atoms with E-state index in [1.54, 1.807) is 0 Å². The molecule has 21 heavy (non-hydrogen) atoms. The Hall–Kier alpha value is -0.570. The summed E-state index contributed by atoms with van der Waals surface area (Å²) < 4.78 is 4.61. The van der Waals surface area contributed by atoms with Crippen LogP contribution in [0.15, 0.2) is 0 Å². The number of rotatable bonds is 15. The van der Waals surface area contributed by atoms with Gasteiger partial charge in [-0.15, -0.1) is 0 Å². The first kappa shape index (κ1) is 20.4. The largest absolute Gasteiger partial charge is 0.469 e. The molecular weight excluding hydrogens is 264 g/mol. The molecule has 0 saturated carbocycles. The van der Waals surface area contributed by atoms with Crippen LogP contribution in [-0.2, 0) is 9.53 Å². The van der Waals surface area contributed by atoms with Crippen LogP contribution in [0.5, 0.6) is 0 Å². The lowest BCUT2D eigenvalue weighted by molar-refractivity contribution is -0.140. The van der Waals surface area contributed by atoms with Gasteiger partial charge in [-0.25, -0.2) is 0 Å². The van der Waals surface area contributed by atoms with E-state index in [2.05, 4.69) is 11.7 Å². The molecule has 0 fully saturated rings. The number of aliphatic hydroxyl groups is 1. The van der Waals surface area contributed by atoms with Gasteiger partial charge in [-0.3, -0.25) is 4.79 Å². The molecule has 1 N–H and O–H groups in total. The second-order valence-electron chi connectivity index (χ2n) is 6.09. The third kappa shape index (κ3) is 15.6. The minimum atomic E-state index is -0.0869. The van der Waals surface area contributed by atoms with E-state index in [1.165, 1.54) is 58.5 Å². The number of aliphatic hydroxyl groups excluding tert-OH is 1. The summed E-state index contributed by atoms with van der Waals surface area (Å²) in [5.74, 6) is -0.0869. The molecule has 0 radical (unpaired) electrons. The molecule has 0 rings (SSSR count). The third-order valence-electron chi connectivity index (χ3n) is 4.04. The van der Waals surface area contributed by atoms with E-state index < -0.39 is 0 Å². The predicted molar refractivity (Wildman–Crippen MR) is 88.3 cm³/mol. The van der Waals surface area contributed by atoms with E-state index in [1.807, 2.05) is 0 Å². The summed E-state index contributed by atoms with van der Waals surface area (Å²) in [7, 11) is 1.45. The van der Waals surface area contributed by atoms with Crippen molar-refractivity contribution in [3.63, 3.8) is 0 Å². The predicted octanol–water partition coefficient (Wildman–Crippen LogP) is 5.00. The molecule has 0 aliphatic heterocycles. The van der Waals surface area contributed by atoms with Gasteiger partial charge in [0.2, 0.25) is 0 Å². The Bertz CT molecular complexity index is 229. The minimum Gasteiger partial charge on any atom is -0.469 e. The molecule has 0 aromatic carbocycles. The standard InChI is InChI=1S/C18H36O3/c1-3-4-14-17(19)15-12-10-8-6-5-7-9-11-13-16-18(20)21-2/h17,19H,3-16H2,1-2H3. The smallest absolute Gasteiger partial charge is 0.305 e. The van der Waals surface area contributed by atoms with Gasteiger partial charge in [0.15, 0.2) is 0 Å². The zero-order chi connectivity index (χ0) is 15.8. The quantitative estimate of drug-likeness (QED) is 0.342. The first-order valence-electron chi connectivity index (χ1n) is 8.95. The summed E-state index contributed by atoms with van der Waals surface area (Å²) in [5.41, 5.74) is 0. The highest BCUT2D eigenvalue weighted by Crippen LogP contribution is 2.13. The fourth-order valence-corrected chi connectivity index (χ4v) is 2.57. The molecule has 0 amide bonds. The van der Waals surface area contributed by atoms with E-state index in [0.29, 0.717) is 6.42 Å². The monoisotopic (exact) mass is 300 g/mol. The van der Waals surface area contributed by atoms with Crippen molar-refractivity contribution < 1.29 is 14.6 Å². The van der Waals surface area contributed by atoms with Crippen molar-refractivity contribution in [3.05, 3.63) is 0 Å². The Morgan fingerprint density at radius 1 is 0.857 bits per heavy atom. The lowest BCUT2D eigenvalue weighted by atomic mass is 10.0. The van der Waals surface area contributed by atoms with Gasteiger partial charge in [-0.2, -0.15) is 0 Å². The van der Waals surface area contributed by atoms with E-state index in [-0.39, 0.29) is 12.1 Å². The first-order chi connectivity index (χ1) is 10.2. The van der Waals surface area contributed by atoms with Crippen molar-refractivity contribution in [2.75, 3.05) is 7.11 Å². The van der Waals surface area contributed by atoms with Crippen LogP contribution in [0.2, 0.25) is 0 Å². The number of esters is 1. The fraction of sp³-hybridized carbons (Fsp3) is 0.944. The zero-order valence-corrected chi connectivity index (χ0v) is 14.2. The molecule has 0 aromatic rings. The number of carbonyl (C=O) groups is 1. The Morgan fingerprint density at radius 3 is 1.86 bits per heavy atom. The van der Waals surface area contributed by atoms with E-state index in [4.69, 9.17) is 0 Å². The lowest BCUT2D eigenvalue weighted by Crippen LogP contribution is -2.05. The average molecular weight is 300 g/mol. The van der Waals surface area contributed by atoms with Crippen LogP contribution in [0.3, 0.4) is 0 Å². The molecule has 0 aliphatic carbocycles. The maximum atomic E-state index is 10.9. The zero-order valence-electron chi connectivity index (χ0n) is 14.2. The lowest BCUT2D eigenvalue weighted by Gasteiger charge is -2.09. The Morgan fingerprint density at radius 2 is 1.33 bits per heavy atom. The molecule has 0 saturated heterocycles. The topological polar surface area (TPSA) is 46.5 Å². The molecule has 0 aliphatic rings. The van der Waals surface area contributed by atoms with E-state index in [9.17, 15) is 9.90 Å². The van der Waals surface area contributed by atoms with Crippen molar-refractivity contribution in [1.82, 2.24) is 0 Å². The molecular formula is C18H36O3. The highest BCUT2D eigenvalue weighted by atomic mass is 16.5. The first-order valence-corrected chi connectivity index (χ1v) is 8.95. The van der Waals surface area contributed by atoms with E-state index >= 15 is 0 Å². The maximum absolute atomic E-state index is 10.9. The van der Waals surface area contributed by atoms with Gasteiger partial charge >= 0.3 is 5.97 Å². The van der Waals surface area contributed by atoms with Crippen molar-refractivity contribution in [1.29, 1.82) is 0 Å². The van der Waals surface area contributed by atoms with Gasteiger partial charge in [0.1, 0.15) is 0 Å². The normalized spacial score (nSPS) is 12.3. The number of hydrogen-bond acceptors (Lipinski definition) is 3. The van der Waals surface area contributed by atoms with Crippen LogP contribution >= 0.6 is 0 Å². The molecule has 3 heteroatoms. The van der Waals surface area contributed by atoms with Gasteiger partial charge in [0, 0.05) is 6.42 Å². The molecule has 0 aromatic heterocycles. The number of carbonyl (C=O) groups excluding carboxylic acids is 1. The van der Waals surface area contributed by atoms with Crippen molar-refractivity contribution in [2.24, 2.45) is 0 Å². The summed E-state index contributed by atoms with van der Waals surface area (Å²) in [6.07, 6.45) is 15.7. The summed E-state index contributed by atoms with van der Waals surface area (Å²) in [6, 6.07) is 0. The van der Waals surface area contributed by atoms with Gasteiger partial charge in [-0.05, 0) is 19.3 Å². The van der Waals surface area contributed by atoms with Gasteiger partial charge in [0.05, 0.1) is 13.2 Å². The van der Waals surface area contributed by atoms with Crippen LogP contribution in [0.25, 0.3) is 0 Å². The summed E-state index contributed by atoms with van der Waals surface area (Å²) >= 11 is 0. The average Bonchev–Trinajstić information content (AvgIpc) is 2.50. The molecule has 126 valence electrons. The maximum Gasteiger partial charge on any atom is 0.305 e. The van der Waals surface area contributed by atoms with Gasteiger partial charge in [-0.1, -0.05) is 71.1 Å². The highest BCUT2D eigenvalue weighted by molar-refractivity contribution is 5.68. The van der Waals surface area contributed by atoms with Crippen LogP contribution in [-0.4, -0.2) is 24.3 Å². The van der Waals surface area contributed by atoms with Crippen LogP contribution in [0.4, 0.5) is 0 Å². The third-order valence-corrected chi connectivity index (χ3v) is 4.04. The number of unbranched alkanes of at least 4 members (excludes halogenated alkanes) is 9. The highest BCUT2D eigenvalue weighted by Gasteiger charge is 2.02. The minimum absolute atomic E-state index is 0.0697. The Balaban J connectivity index is 3.10. The SMILES string of the molecule is CCCCC(O)CCCCCCCCCCCC(=O)OC. The summed E-state index contributed by atoms with van der Waals surface area (Å²) in [6.45, 7) is 2.17. The van der Waals surface area contributed by atoms with E-state index in [0.717, 1.165) is 32.1 Å². The molecule has 0 heterocycles. The molecule has 3 nitrogen and oxygen atoms in total. The van der Waals surface area contributed by atoms with Crippen LogP contribution < -0.4 is 0 Å². The molecule has 1 unspecified atom stereocenters. The number of methoxy groups -OCH3 is 1. The Kier molecular flexibility index (Phi) is 15.4. The number of hydrogen-bond donors (Lipinski definition) is 1. The fourth-order valence-electron chi connectivity index (χ4n) is 2.57. The van der Waals surface area contributed by atoms with Gasteiger partial charge in [0.25, 0.3) is 0 Å². The van der Waals surface area contributed by atoms with Gasteiger partial charge < -0.3 is 9.84 Å². The molecule has 0 bridgehead atoms. The second kappa shape index (κ2) is 15.8. The van der Waals surface area contributed by atoms with Crippen molar-refractivity contribution in [2.45, 2.75) is 103 Å². The van der Waals surface area contributed by atoms with Crippen molar-refractivity contribution in [3.8, 4) is 0 Å². The summed E-state index contributed by atoms with van der Waals surface area (Å²) in [5, 5.41) is 9.73. The summed E-state index contributed by atoms with van der Waals surface area (Å²) in [4.78, 5) is 10.9.